The average molecular weight is 342 g/mol. The molecule has 2 heterocycles. The second-order valence-electron chi connectivity index (χ2n) is 5.47. The van der Waals surface area contributed by atoms with E-state index in [1.165, 1.54) is 17.6 Å². The molecule has 124 valence electrons. The summed E-state index contributed by atoms with van der Waals surface area (Å²) in [5, 5.41) is 14.9. The lowest BCUT2D eigenvalue weighted by Crippen LogP contribution is -2.30. The minimum Gasteiger partial charge on any atom is -0.444 e. The van der Waals surface area contributed by atoms with Gasteiger partial charge in [0.1, 0.15) is 6.26 Å². The number of aliphatic hydroxyl groups excluding tert-OH is 1. The summed E-state index contributed by atoms with van der Waals surface area (Å²) in [4.78, 5) is 17.3. The number of oxazole rings is 1. The van der Waals surface area contributed by atoms with Crippen molar-refractivity contribution in [3.63, 3.8) is 0 Å². The van der Waals surface area contributed by atoms with Gasteiger partial charge in [-0.3, -0.25) is 4.79 Å². The van der Waals surface area contributed by atoms with E-state index in [2.05, 4.69) is 10.3 Å². The van der Waals surface area contributed by atoms with Crippen molar-refractivity contribution >= 4 is 17.2 Å². The molecule has 1 amide bonds. The highest BCUT2D eigenvalue weighted by Gasteiger charge is 2.14. The van der Waals surface area contributed by atoms with Crippen molar-refractivity contribution in [3.05, 3.63) is 64.9 Å². The number of nitrogens with one attached hydrogen (secondary N) is 1. The molecule has 0 aliphatic rings. The van der Waals surface area contributed by atoms with Crippen molar-refractivity contribution in [2.45, 2.75) is 19.4 Å². The van der Waals surface area contributed by atoms with E-state index in [0.717, 1.165) is 16.0 Å². The molecule has 0 spiro atoms. The molecule has 0 aliphatic carbocycles. The molecule has 0 aliphatic heterocycles. The summed E-state index contributed by atoms with van der Waals surface area (Å²) in [6.07, 6.45) is 0.885. The molecular weight excluding hydrogens is 324 g/mol. The number of carbonyl (C=O) groups excluding carboxylic acids is 1. The molecule has 2 N–H and O–H groups in total. The average Bonchev–Trinajstić information content (AvgIpc) is 3.24. The van der Waals surface area contributed by atoms with Gasteiger partial charge >= 0.3 is 0 Å². The molecule has 0 saturated heterocycles. The molecule has 1 aromatic carbocycles. The van der Waals surface area contributed by atoms with E-state index in [0.29, 0.717) is 11.6 Å². The maximum atomic E-state index is 12.0. The molecule has 3 aromatic rings. The quantitative estimate of drug-likeness (QED) is 0.722. The lowest BCUT2D eigenvalue weighted by Gasteiger charge is -2.14. The fourth-order valence-electron chi connectivity index (χ4n) is 2.41. The largest absolute Gasteiger partial charge is 0.444 e. The Bertz CT molecular complexity index is 811. The van der Waals surface area contributed by atoms with E-state index < -0.39 is 6.10 Å². The number of nitrogens with zero attached hydrogens (tertiary/aromatic N) is 1. The Morgan fingerprint density at radius 3 is 2.92 bits per heavy atom. The first kappa shape index (κ1) is 16.4. The maximum absolute atomic E-state index is 12.0. The second-order valence-corrected chi connectivity index (χ2v) is 6.42. The van der Waals surface area contributed by atoms with E-state index in [4.69, 9.17) is 4.42 Å². The number of aryl methyl sites for hydroxylation is 1. The summed E-state index contributed by atoms with van der Waals surface area (Å²) in [5.74, 6) is 0.321. The number of hydrogen-bond acceptors (Lipinski definition) is 5. The first-order valence-electron chi connectivity index (χ1n) is 7.62. The van der Waals surface area contributed by atoms with Crippen molar-refractivity contribution in [1.82, 2.24) is 10.3 Å². The number of thiophene rings is 1. The van der Waals surface area contributed by atoms with Gasteiger partial charge in [-0.15, -0.1) is 11.3 Å². The van der Waals surface area contributed by atoms with E-state index in [1.807, 2.05) is 48.7 Å². The van der Waals surface area contributed by atoms with Crippen LogP contribution in [-0.2, 0) is 11.2 Å². The Morgan fingerprint density at radius 1 is 1.33 bits per heavy atom. The van der Waals surface area contributed by atoms with E-state index in [1.54, 1.807) is 0 Å². The standard InChI is InChI=1S/C18H18N2O3S/c1-12-5-2-3-6-14(12)15(21)10-19-17(22)9-13-11-23-18(20-13)16-7-4-8-24-16/h2-8,11,15,21H,9-10H2,1H3,(H,19,22). The molecule has 0 bridgehead atoms. The van der Waals surface area contributed by atoms with Crippen LogP contribution in [0.2, 0.25) is 0 Å². The van der Waals surface area contributed by atoms with Crippen molar-refractivity contribution in [2.24, 2.45) is 0 Å². The van der Waals surface area contributed by atoms with Crippen LogP contribution in [-0.4, -0.2) is 22.5 Å². The maximum Gasteiger partial charge on any atom is 0.236 e. The van der Waals surface area contributed by atoms with Gasteiger partial charge in [-0.25, -0.2) is 4.98 Å². The van der Waals surface area contributed by atoms with Crippen LogP contribution >= 0.6 is 11.3 Å². The normalized spacial score (nSPS) is 12.1. The topological polar surface area (TPSA) is 75.4 Å². The molecule has 5 nitrogen and oxygen atoms in total. The fraction of sp³-hybridized carbons (Fsp3) is 0.222. The molecule has 6 heteroatoms. The van der Waals surface area contributed by atoms with Crippen molar-refractivity contribution in [3.8, 4) is 10.8 Å². The Morgan fingerprint density at radius 2 is 2.17 bits per heavy atom. The summed E-state index contributed by atoms with van der Waals surface area (Å²) in [5.41, 5.74) is 2.39. The monoisotopic (exact) mass is 342 g/mol. The minimum absolute atomic E-state index is 0.120. The van der Waals surface area contributed by atoms with Gasteiger partial charge in [-0.1, -0.05) is 30.3 Å². The van der Waals surface area contributed by atoms with Crippen molar-refractivity contribution < 1.29 is 14.3 Å². The first-order valence-corrected chi connectivity index (χ1v) is 8.50. The van der Waals surface area contributed by atoms with E-state index in [9.17, 15) is 9.90 Å². The SMILES string of the molecule is Cc1ccccc1C(O)CNC(=O)Cc1coc(-c2cccs2)n1. The van der Waals surface area contributed by atoms with E-state index in [-0.39, 0.29) is 18.9 Å². The van der Waals surface area contributed by atoms with Crippen LogP contribution in [0.3, 0.4) is 0 Å². The van der Waals surface area contributed by atoms with Crippen LogP contribution in [0.1, 0.15) is 22.9 Å². The zero-order valence-corrected chi connectivity index (χ0v) is 14.0. The van der Waals surface area contributed by atoms with Gasteiger partial charge in [0, 0.05) is 6.54 Å². The number of amides is 1. The molecule has 0 fully saturated rings. The van der Waals surface area contributed by atoms with Crippen LogP contribution in [0.5, 0.6) is 0 Å². The van der Waals surface area contributed by atoms with Crippen LogP contribution in [0.4, 0.5) is 0 Å². The smallest absolute Gasteiger partial charge is 0.236 e. The zero-order chi connectivity index (χ0) is 16.9. The van der Waals surface area contributed by atoms with Gasteiger partial charge in [-0.2, -0.15) is 0 Å². The highest BCUT2D eigenvalue weighted by Crippen LogP contribution is 2.23. The number of hydrogen-bond donors (Lipinski definition) is 2. The Balaban J connectivity index is 1.54. The molecule has 3 rings (SSSR count). The highest BCUT2D eigenvalue weighted by atomic mass is 32.1. The fourth-order valence-corrected chi connectivity index (χ4v) is 3.07. The predicted octanol–water partition coefficient (Wildman–Crippen LogP) is 3.10. The highest BCUT2D eigenvalue weighted by molar-refractivity contribution is 7.13. The van der Waals surface area contributed by atoms with E-state index >= 15 is 0 Å². The summed E-state index contributed by atoms with van der Waals surface area (Å²) < 4.78 is 5.39. The third-order valence-electron chi connectivity index (χ3n) is 3.67. The van der Waals surface area contributed by atoms with Gasteiger partial charge in [-0.05, 0) is 29.5 Å². The molecule has 0 saturated carbocycles. The first-order chi connectivity index (χ1) is 11.6. The number of rotatable bonds is 6. The van der Waals surface area contributed by atoms with Crippen LogP contribution in [0.15, 0.2) is 52.5 Å². The molecule has 2 aromatic heterocycles. The molecular formula is C18H18N2O3S. The van der Waals surface area contributed by atoms with Crippen molar-refractivity contribution in [2.75, 3.05) is 6.54 Å². The minimum atomic E-state index is -0.728. The van der Waals surface area contributed by atoms with Gasteiger partial charge in [0.15, 0.2) is 0 Å². The summed E-state index contributed by atoms with van der Waals surface area (Å²) in [7, 11) is 0. The summed E-state index contributed by atoms with van der Waals surface area (Å²) in [6, 6.07) is 11.4. The van der Waals surface area contributed by atoms with Gasteiger partial charge in [0.05, 0.1) is 23.1 Å². The van der Waals surface area contributed by atoms with Crippen LogP contribution in [0.25, 0.3) is 10.8 Å². The number of carbonyl (C=O) groups is 1. The summed E-state index contributed by atoms with van der Waals surface area (Å²) >= 11 is 1.53. The molecule has 24 heavy (non-hydrogen) atoms. The van der Waals surface area contributed by atoms with Gasteiger partial charge in [0.25, 0.3) is 0 Å². The van der Waals surface area contributed by atoms with Crippen LogP contribution < -0.4 is 5.32 Å². The molecule has 1 unspecified atom stereocenters. The Labute approximate surface area is 144 Å². The number of aliphatic hydroxyl groups is 1. The Kier molecular flexibility index (Phi) is 5.08. The molecule has 0 radical (unpaired) electrons. The second kappa shape index (κ2) is 7.42. The molecule has 1 atom stereocenters. The van der Waals surface area contributed by atoms with Gasteiger partial charge < -0.3 is 14.8 Å². The van der Waals surface area contributed by atoms with Gasteiger partial charge in [0.2, 0.25) is 11.8 Å². The van der Waals surface area contributed by atoms with Crippen LogP contribution in [0, 0.1) is 6.92 Å². The zero-order valence-electron chi connectivity index (χ0n) is 13.2. The third-order valence-corrected chi connectivity index (χ3v) is 4.52. The summed E-state index contributed by atoms with van der Waals surface area (Å²) in [6.45, 7) is 2.10. The number of aromatic nitrogens is 1. The third kappa shape index (κ3) is 3.90. The predicted molar refractivity (Wildman–Crippen MR) is 92.7 cm³/mol. The number of benzene rings is 1. The Hall–Kier alpha value is -2.44. The van der Waals surface area contributed by atoms with Crippen molar-refractivity contribution in [1.29, 1.82) is 0 Å². The lowest BCUT2D eigenvalue weighted by molar-refractivity contribution is -0.121. The lowest BCUT2D eigenvalue weighted by atomic mass is 10.0.